The molecule has 0 spiro atoms. The molecule has 0 radical (unpaired) electrons. The minimum Gasteiger partial charge on any atom is -0.489 e. The number of halogens is 7. The Kier molecular flexibility index (Phi) is 20.9. The van der Waals surface area contributed by atoms with Crippen LogP contribution in [0.15, 0.2) is 78.9 Å². The summed E-state index contributed by atoms with van der Waals surface area (Å²) in [5.41, 5.74) is 1.68. The summed E-state index contributed by atoms with van der Waals surface area (Å²) in [5.74, 6) is -2.15. The molecule has 0 aromatic heterocycles. The van der Waals surface area contributed by atoms with Crippen LogP contribution < -0.4 is 19.3 Å². The summed E-state index contributed by atoms with van der Waals surface area (Å²) < 4.78 is 63.7. The van der Waals surface area contributed by atoms with E-state index in [1.54, 1.807) is 9.80 Å². The molecule has 1 heterocycles. The van der Waals surface area contributed by atoms with Crippen LogP contribution in [0, 0.1) is 17.0 Å². The van der Waals surface area contributed by atoms with Crippen LogP contribution >= 0.6 is 46.4 Å². The van der Waals surface area contributed by atoms with Crippen molar-refractivity contribution in [2.45, 2.75) is 58.1 Å². The minimum atomic E-state index is -4.61. The molecule has 1 unspecified atom stereocenters. The van der Waals surface area contributed by atoms with E-state index in [9.17, 15) is 42.5 Å². The van der Waals surface area contributed by atoms with Crippen molar-refractivity contribution >= 4 is 87.2 Å². The lowest BCUT2D eigenvalue weighted by molar-refractivity contribution is -0.385. The zero-order valence-electron chi connectivity index (χ0n) is 35.1. The molecule has 2 amide bonds. The summed E-state index contributed by atoms with van der Waals surface area (Å²) in [7, 11) is 0. The SMILES string of the molecule is CC1COc2ccccc2N1C(=O)C(Cl)Cl.CCOC(=O)COC(=O)c1cc(Oc2ccc(C(F)(F)F)cc2Cl)ccc1[N+](=O)[O-].CCOCN(C(=O)CCl)c1c(C)cccc1CC. The number of fused-ring (bicyclic) bond motifs is 1. The first-order valence-corrected chi connectivity index (χ1v) is 21.1. The Morgan fingerprint density at radius 1 is 0.969 bits per heavy atom. The number of ether oxygens (including phenoxy) is 5. The smallest absolute Gasteiger partial charge is 0.416 e. The number of para-hydroxylation sites is 3. The predicted octanol–water partition coefficient (Wildman–Crippen LogP) is 10.5. The van der Waals surface area contributed by atoms with E-state index in [0.717, 1.165) is 59.3 Å². The molecule has 5 rings (SSSR count). The second-order valence-corrected chi connectivity index (χ2v) is 15.0. The zero-order valence-corrected chi connectivity index (χ0v) is 38.1. The molecule has 64 heavy (non-hydrogen) atoms. The van der Waals surface area contributed by atoms with E-state index >= 15 is 0 Å². The Hall–Kier alpha value is -5.33. The quantitative estimate of drug-likeness (QED) is 0.0388. The van der Waals surface area contributed by atoms with Gasteiger partial charge in [-0.2, -0.15) is 13.2 Å². The van der Waals surface area contributed by atoms with E-state index < -0.39 is 51.3 Å². The van der Waals surface area contributed by atoms with Gasteiger partial charge < -0.3 is 28.6 Å². The van der Waals surface area contributed by atoms with Crippen molar-refractivity contribution in [3.63, 3.8) is 0 Å². The van der Waals surface area contributed by atoms with Gasteiger partial charge in [0.15, 0.2) is 11.4 Å². The third-order valence-electron chi connectivity index (χ3n) is 8.78. The Morgan fingerprint density at radius 3 is 2.27 bits per heavy atom. The molecule has 0 N–H and O–H groups in total. The van der Waals surface area contributed by atoms with Gasteiger partial charge in [-0.1, -0.05) is 72.1 Å². The normalized spacial score (nSPS) is 12.9. The molecule has 0 saturated carbocycles. The van der Waals surface area contributed by atoms with Crippen molar-refractivity contribution in [1.82, 2.24) is 0 Å². The maximum atomic E-state index is 12.7. The average molecular weight is 978 g/mol. The lowest BCUT2D eigenvalue weighted by Gasteiger charge is -2.35. The van der Waals surface area contributed by atoms with E-state index in [1.165, 1.54) is 6.92 Å². The molecule has 0 aliphatic carbocycles. The maximum Gasteiger partial charge on any atom is 0.416 e. The number of nitro groups is 1. The van der Waals surface area contributed by atoms with Gasteiger partial charge in [-0.3, -0.25) is 24.6 Å². The van der Waals surface area contributed by atoms with E-state index in [4.69, 9.17) is 65.4 Å². The van der Waals surface area contributed by atoms with E-state index in [0.29, 0.717) is 25.0 Å². The van der Waals surface area contributed by atoms with Crippen molar-refractivity contribution in [2.24, 2.45) is 0 Å². The van der Waals surface area contributed by atoms with E-state index in [1.807, 2.05) is 63.2 Å². The van der Waals surface area contributed by atoms with Crippen molar-refractivity contribution in [3.05, 3.63) is 116 Å². The van der Waals surface area contributed by atoms with E-state index in [2.05, 4.69) is 11.7 Å². The van der Waals surface area contributed by atoms with Gasteiger partial charge >= 0.3 is 18.1 Å². The monoisotopic (exact) mass is 975 g/mol. The van der Waals surface area contributed by atoms with Crippen molar-refractivity contribution in [1.29, 1.82) is 0 Å². The zero-order chi connectivity index (χ0) is 47.7. The van der Waals surface area contributed by atoms with Gasteiger partial charge in [0.25, 0.3) is 11.6 Å². The van der Waals surface area contributed by atoms with Crippen LogP contribution in [0.2, 0.25) is 5.02 Å². The van der Waals surface area contributed by atoms with Gasteiger partial charge in [0.2, 0.25) is 5.91 Å². The number of benzene rings is 4. The van der Waals surface area contributed by atoms with Crippen molar-refractivity contribution in [3.8, 4) is 17.2 Å². The largest absolute Gasteiger partial charge is 0.489 e. The van der Waals surface area contributed by atoms with Crippen LogP contribution in [-0.2, 0) is 41.2 Å². The van der Waals surface area contributed by atoms with Gasteiger partial charge in [-0.25, -0.2) is 9.59 Å². The van der Waals surface area contributed by atoms with Gasteiger partial charge in [0.1, 0.15) is 42.0 Å². The number of carbonyl (C=O) groups is 4. The molecule has 0 bridgehead atoms. The second-order valence-electron chi connectivity index (χ2n) is 13.2. The number of nitro benzene ring substituents is 1. The van der Waals surface area contributed by atoms with Crippen LogP contribution in [0.5, 0.6) is 17.2 Å². The number of nitrogens with zero attached hydrogens (tertiary/aromatic N) is 3. The number of rotatable bonds is 14. The Morgan fingerprint density at radius 2 is 1.67 bits per heavy atom. The average Bonchev–Trinajstić information content (AvgIpc) is 3.26. The number of hydrogen-bond acceptors (Lipinski definition) is 11. The number of amides is 2. The molecule has 1 aliphatic heterocycles. The Balaban J connectivity index is 0.000000273. The maximum absolute atomic E-state index is 12.7. The van der Waals surface area contributed by atoms with Crippen LogP contribution in [0.1, 0.15) is 54.7 Å². The highest BCUT2D eigenvalue weighted by Crippen LogP contribution is 2.38. The highest BCUT2D eigenvalue weighted by molar-refractivity contribution is 6.54. The molecule has 14 nitrogen and oxygen atoms in total. The molecule has 1 aliphatic rings. The lowest BCUT2D eigenvalue weighted by atomic mass is 10.0. The first-order chi connectivity index (χ1) is 30.3. The fourth-order valence-corrected chi connectivity index (χ4v) is 6.42. The fraction of sp³-hybridized carbons (Fsp3) is 0.349. The molecular formula is C43H44Cl4F3N3O11. The second kappa shape index (κ2) is 25.2. The molecule has 0 saturated heterocycles. The van der Waals surface area contributed by atoms with Gasteiger partial charge in [-0.05, 0) is 81.6 Å². The van der Waals surface area contributed by atoms with Crippen LogP contribution in [0.25, 0.3) is 0 Å². The molecule has 346 valence electrons. The number of aryl methyl sites for hydroxylation is 2. The summed E-state index contributed by atoms with van der Waals surface area (Å²) in [4.78, 5) is 59.8. The van der Waals surface area contributed by atoms with E-state index in [-0.39, 0.29) is 53.6 Å². The lowest BCUT2D eigenvalue weighted by Crippen LogP contribution is -2.47. The Bertz CT molecular complexity index is 2270. The Labute approximate surface area is 387 Å². The summed E-state index contributed by atoms with van der Waals surface area (Å²) in [6.07, 6.45) is -3.74. The standard InChI is InChI=1S/C18H13ClF3NO7.C14H20ClNO2.C11H11Cl2NO2/c1-2-28-16(24)9-29-17(25)12-8-11(4-5-14(12)23(26)27)30-15-6-3-10(7-13(15)19)18(20,21)22;1-4-12-8-6-7-11(3)14(12)16(10-18-5-2)13(17)9-15;1-7-6-16-9-5-3-2-4-8(9)14(7)11(15)10(12)13/h3-8H,2,9H2,1H3;6-8H,4-5,9-10H2,1-3H3;2-5,7,10H,6H2,1H3. The summed E-state index contributed by atoms with van der Waals surface area (Å²) in [6, 6.07) is 18.7. The summed E-state index contributed by atoms with van der Waals surface area (Å²) in [5, 5.41) is 10.8. The van der Waals surface area contributed by atoms with Gasteiger partial charge in [-0.15, -0.1) is 11.6 Å². The highest BCUT2D eigenvalue weighted by atomic mass is 35.5. The fourth-order valence-electron chi connectivity index (χ4n) is 5.84. The molecule has 1 atom stereocenters. The van der Waals surface area contributed by atoms with Crippen LogP contribution in [0.4, 0.5) is 30.2 Å². The third-order valence-corrected chi connectivity index (χ3v) is 9.68. The topological polar surface area (TPSA) is 164 Å². The summed E-state index contributed by atoms with van der Waals surface area (Å²) >= 11 is 22.7. The van der Waals surface area contributed by atoms with Gasteiger partial charge in [0, 0.05) is 18.7 Å². The highest BCUT2D eigenvalue weighted by Gasteiger charge is 2.33. The summed E-state index contributed by atoms with van der Waals surface area (Å²) in [6.45, 7) is 9.96. The minimum absolute atomic E-state index is 0.0371. The number of anilines is 2. The molecule has 4 aromatic carbocycles. The number of esters is 2. The van der Waals surface area contributed by atoms with Crippen molar-refractivity contribution < 1.29 is 61.0 Å². The molecule has 21 heteroatoms. The van der Waals surface area contributed by atoms with Crippen LogP contribution in [-0.4, -0.2) is 78.6 Å². The third kappa shape index (κ3) is 14.9. The number of carbonyl (C=O) groups excluding carboxylic acids is 4. The van der Waals surface area contributed by atoms with Crippen molar-refractivity contribution in [2.75, 3.05) is 48.8 Å². The van der Waals surface area contributed by atoms with Crippen LogP contribution in [0.3, 0.4) is 0 Å². The van der Waals surface area contributed by atoms with Gasteiger partial charge in [0.05, 0.1) is 39.5 Å². The number of hydrogen-bond donors (Lipinski definition) is 0. The predicted molar refractivity (Wildman–Crippen MR) is 236 cm³/mol. The molecular weight excluding hydrogens is 933 g/mol. The molecule has 4 aromatic rings. The molecule has 0 fully saturated rings. The first kappa shape index (κ1) is 53.0. The first-order valence-electron chi connectivity index (χ1n) is 19.3. The number of alkyl halides is 6.